The lowest BCUT2D eigenvalue weighted by atomic mass is 10.1. The number of rotatable bonds is 5. The Hall–Kier alpha value is -1.82. The summed E-state index contributed by atoms with van der Waals surface area (Å²) in [7, 11) is 0. The molecule has 0 N–H and O–H groups in total. The summed E-state index contributed by atoms with van der Waals surface area (Å²) in [4.78, 5) is 41.8. The molecule has 2 heterocycles. The number of imide groups is 1. The van der Waals surface area contributed by atoms with Crippen LogP contribution in [-0.4, -0.2) is 58.7 Å². The van der Waals surface area contributed by atoms with E-state index in [1.807, 2.05) is 11.2 Å². The van der Waals surface area contributed by atoms with Crippen molar-refractivity contribution >= 4 is 29.5 Å². The van der Waals surface area contributed by atoms with Gasteiger partial charge in [0.05, 0.1) is 11.1 Å². The van der Waals surface area contributed by atoms with Crippen LogP contribution in [-0.2, 0) is 4.79 Å². The number of nitrogens with zero attached hydrogens (tertiary/aromatic N) is 2. The number of hydrogen-bond donors (Lipinski definition) is 0. The minimum absolute atomic E-state index is 0.0783. The third-order valence-corrected chi connectivity index (χ3v) is 5.58. The van der Waals surface area contributed by atoms with E-state index in [1.165, 1.54) is 4.90 Å². The summed E-state index contributed by atoms with van der Waals surface area (Å²) >= 11 is 1.62. The number of fused-ring (bicyclic) bond motifs is 1. The van der Waals surface area contributed by atoms with E-state index in [0.717, 1.165) is 44.5 Å². The van der Waals surface area contributed by atoms with Crippen molar-refractivity contribution in [2.75, 3.05) is 25.1 Å². The van der Waals surface area contributed by atoms with Gasteiger partial charge < -0.3 is 4.90 Å². The summed E-state index contributed by atoms with van der Waals surface area (Å²) in [6.07, 6.45) is 6.71. The fourth-order valence-electron chi connectivity index (χ4n) is 3.59. The lowest BCUT2D eigenvalue weighted by Crippen LogP contribution is -2.51. The minimum Gasteiger partial charge on any atom is -0.341 e. The second-order valence-corrected chi connectivity index (χ2v) is 7.55. The standard InChI is InChI=1S/C19H24N2O3S/c1-25-13-10-16(19(24)20-11-6-2-3-7-12-20)21-17(22)14-8-4-5-9-15(14)18(21)23/h4-5,8-9,16H,2-3,6-7,10-13H2,1H3. The van der Waals surface area contributed by atoms with E-state index in [-0.39, 0.29) is 17.7 Å². The van der Waals surface area contributed by atoms with Gasteiger partial charge >= 0.3 is 0 Å². The largest absolute Gasteiger partial charge is 0.341 e. The zero-order valence-electron chi connectivity index (χ0n) is 14.6. The van der Waals surface area contributed by atoms with Gasteiger partial charge in [-0.1, -0.05) is 25.0 Å². The molecule has 0 saturated carbocycles. The molecule has 0 aliphatic carbocycles. The first kappa shape index (κ1) is 18.0. The van der Waals surface area contributed by atoms with Crippen LogP contribution in [0.3, 0.4) is 0 Å². The molecule has 1 unspecified atom stereocenters. The Labute approximate surface area is 152 Å². The Morgan fingerprint density at radius 1 is 1.04 bits per heavy atom. The van der Waals surface area contributed by atoms with Gasteiger partial charge in [0, 0.05) is 13.1 Å². The summed E-state index contributed by atoms with van der Waals surface area (Å²) in [6.45, 7) is 1.44. The van der Waals surface area contributed by atoms with Crippen LogP contribution in [0.4, 0.5) is 0 Å². The highest BCUT2D eigenvalue weighted by atomic mass is 32.2. The molecule has 6 heteroatoms. The topological polar surface area (TPSA) is 57.7 Å². The maximum Gasteiger partial charge on any atom is 0.262 e. The van der Waals surface area contributed by atoms with E-state index >= 15 is 0 Å². The SMILES string of the molecule is CSCCC(C(=O)N1CCCCCC1)N1C(=O)c2ccccc2C1=O. The Morgan fingerprint density at radius 2 is 1.60 bits per heavy atom. The zero-order valence-corrected chi connectivity index (χ0v) is 15.4. The molecule has 0 radical (unpaired) electrons. The highest BCUT2D eigenvalue weighted by molar-refractivity contribution is 7.98. The predicted octanol–water partition coefficient (Wildman–Crippen LogP) is 2.81. The van der Waals surface area contributed by atoms with Gasteiger partial charge in [-0.05, 0) is 43.4 Å². The lowest BCUT2D eigenvalue weighted by molar-refractivity contribution is -0.135. The van der Waals surface area contributed by atoms with Crippen molar-refractivity contribution in [1.82, 2.24) is 9.80 Å². The molecule has 0 spiro atoms. The number of benzene rings is 1. The van der Waals surface area contributed by atoms with Crippen molar-refractivity contribution in [3.63, 3.8) is 0 Å². The van der Waals surface area contributed by atoms with Gasteiger partial charge in [-0.3, -0.25) is 19.3 Å². The maximum atomic E-state index is 13.2. The van der Waals surface area contributed by atoms with E-state index in [2.05, 4.69) is 0 Å². The first-order valence-electron chi connectivity index (χ1n) is 8.90. The van der Waals surface area contributed by atoms with E-state index < -0.39 is 6.04 Å². The summed E-state index contributed by atoms with van der Waals surface area (Å²) in [6, 6.07) is 6.13. The fourth-order valence-corrected chi connectivity index (χ4v) is 4.04. The van der Waals surface area contributed by atoms with Gasteiger partial charge in [0.1, 0.15) is 6.04 Å². The van der Waals surface area contributed by atoms with Crippen LogP contribution in [0.1, 0.15) is 52.8 Å². The Balaban J connectivity index is 1.87. The molecule has 3 rings (SSSR count). The second kappa shape index (κ2) is 8.04. The molecule has 3 amide bonds. The molecule has 25 heavy (non-hydrogen) atoms. The Bertz CT molecular complexity index is 633. The average Bonchev–Trinajstić information content (AvgIpc) is 2.82. The smallest absolute Gasteiger partial charge is 0.262 e. The Morgan fingerprint density at radius 3 is 2.12 bits per heavy atom. The van der Waals surface area contributed by atoms with Crippen molar-refractivity contribution in [2.45, 2.75) is 38.1 Å². The highest BCUT2D eigenvalue weighted by Gasteiger charge is 2.43. The van der Waals surface area contributed by atoms with E-state index in [0.29, 0.717) is 17.5 Å². The molecule has 1 fully saturated rings. The monoisotopic (exact) mass is 360 g/mol. The number of hydrogen-bond acceptors (Lipinski definition) is 4. The van der Waals surface area contributed by atoms with Gasteiger partial charge in [0.25, 0.3) is 11.8 Å². The van der Waals surface area contributed by atoms with Crippen LogP contribution in [0.5, 0.6) is 0 Å². The molecule has 1 atom stereocenters. The predicted molar refractivity (Wildman–Crippen MR) is 98.8 cm³/mol. The van der Waals surface area contributed by atoms with Crippen LogP contribution in [0, 0.1) is 0 Å². The minimum atomic E-state index is -0.696. The molecule has 0 bridgehead atoms. The van der Waals surface area contributed by atoms with Crippen molar-refractivity contribution in [3.8, 4) is 0 Å². The van der Waals surface area contributed by atoms with Crippen LogP contribution in [0.2, 0.25) is 0 Å². The normalized spacial score (nSPS) is 18.9. The fraction of sp³-hybridized carbons (Fsp3) is 0.526. The van der Waals surface area contributed by atoms with Crippen molar-refractivity contribution in [1.29, 1.82) is 0 Å². The Kier molecular flexibility index (Phi) is 5.78. The summed E-state index contributed by atoms with van der Waals surface area (Å²) in [5.41, 5.74) is 0.815. The van der Waals surface area contributed by atoms with E-state index in [4.69, 9.17) is 0 Å². The third kappa shape index (κ3) is 3.59. The molecule has 134 valence electrons. The van der Waals surface area contributed by atoms with Crippen molar-refractivity contribution in [2.24, 2.45) is 0 Å². The quantitative estimate of drug-likeness (QED) is 0.758. The number of thioether (sulfide) groups is 1. The number of carbonyl (C=O) groups is 3. The molecular weight excluding hydrogens is 336 g/mol. The molecule has 2 aliphatic heterocycles. The van der Waals surface area contributed by atoms with Gasteiger partial charge in [0.2, 0.25) is 5.91 Å². The van der Waals surface area contributed by atoms with Crippen LogP contribution >= 0.6 is 11.8 Å². The summed E-state index contributed by atoms with van der Waals surface area (Å²) < 4.78 is 0. The first-order valence-corrected chi connectivity index (χ1v) is 10.3. The second-order valence-electron chi connectivity index (χ2n) is 6.56. The number of carbonyl (C=O) groups excluding carboxylic acids is 3. The average molecular weight is 360 g/mol. The molecular formula is C19H24N2O3S. The molecule has 1 saturated heterocycles. The summed E-state index contributed by atoms with van der Waals surface area (Å²) in [5, 5.41) is 0. The molecule has 0 aromatic heterocycles. The van der Waals surface area contributed by atoms with Gasteiger partial charge in [-0.15, -0.1) is 0 Å². The zero-order chi connectivity index (χ0) is 17.8. The van der Waals surface area contributed by atoms with Crippen LogP contribution in [0.15, 0.2) is 24.3 Å². The highest BCUT2D eigenvalue weighted by Crippen LogP contribution is 2.27. The van der Waals surface area contributed by atoms with Crippen molar-refractivity contribution in [3.05, 3.63) is 35.4 Å². The molecule has 5 nitrogen and oxygen atoms in total. The number of likely N-dealkylation sites (tertiary alicyclic amines) is 1. The molecule has 2 aliphatic rings. The lowest BCUT2D eigenvalue weighted by Gasteiger charge is -2.30. The van der Waals surface area contributed by atoms with Crippen LogP contribution < -0.4 is 0 Å². The van der Waals surface area contributed by atoms with Crippen LogP contribution in [0.25, 0.3) is 0 Å². The van der Waals surface area contributed by atoms with Gasteiger partial charge in [-0.2, -0.15) is 11.8 Å². The molecule has 1 aromatic rings. The first-order chi connectivity index (χ1) is 12.1. The molecule has 1 aromatic carbocycles. The van der Waals surface area contributed by atoms with E-state index in [1.54, 1.807) is 36.0 Å². The summed E-state index contributed by atoms with van der Waals surface area (Å²) in [5.74, 6) is -0.0207. The third-order valence-electron chi connectivity index (χ3n) is 4.94. The van der Waals surface area contributed by atoms with Gasteiger partial charge in [0.15, 0.2) is 0 Å². The van der Waals surface area contributed by atoms with Crippen molar-refractivity contribution < 1.29 is 14.4 Å². The van der Waals surface area contributed by atoms with E-state index in [9.17, 15) is 14.4 Å². The number of amides is 3. The van der Waals surface area contributed by atoms with Gasteiger partial charge in [-0.25, -0.2) is 0 Å². The maximum absolute atomic E-state index is 13.2.